The van der Waals surface area contributed by atoms with Crippen molar-refractivity contribution in [3.05, 3.63) is 182 Å². The highest BCUT2D eigenvalue weighted by Gasteiger charge is 2.19. The third-order valence-corrected chi connectivity index (χ3v) is 9.28. The Labute approximate surface area is 290 Å². The summed E-state index contributed by atoms with van der Waals surface area (Å²) >= 11 is 0. The average molecular weight is 639 g/mol. The van der Waals surface area contributed by atoms with Gasteiger partial charge in [0.1, 0.15) is 0 Å². The van der Waals surface area contributed by atoms with Gasteiger partial charge in [0.25, 0.3) is 0 Å². The van der Waals surface area contributed by atoms with E-state index in [1.54, 1.807) is 6.20 Å². The predicted octanol–water partition coefficient (Wildman–Crippen LogP) is 11.6. The Kier molecular flexibility index (Phi) is 7.45. The lowest BCUT2D eigenvalue weighted by molar-refractivity contribution is 1.08. The van der Waals surface area contributed by atoms with E-state index in [4.69, 9.17) is 15.0 Å². The van der Waals surface area contributed by atoms with Crippen LogP contribution in [0.2, 0.25) is 0 Å². The summed E-state index contributed by atoms with van der Waals surface area (Å²) < 4.78 is 0. The van der Waals surface area contributed by atoms with Crippen LogP contribution >= 0.6 is 0 Å². The van der Waals surface area contributed by atoms with Gasteiger partial charge in [-0.15, -0.1) is 0 Å². The average Bonchev–Trinajstić information content (AvgIpc) is 3.21. The first-order valence-corrected chi connectivity index (χ1v) is 16.7. The molecule has 0 saturated carbocycles. The third kappa shape index (κ3) is 5.29. The SMILES string of the molecule is c1ccc(-c2ccccc2-c2nc(-c3ccc(-c4ccccc4)c4ccccc34)nc(-c3ccc(-c4cccnc4)c4ccccc34)n2)cc1. The maximum absolute atomic E-state index is 5.27. The standard InChI is InChI=1S/C46H30N4/c1-3-14-31(15-4-1)34-19-7-12-24-41(34)44-48-45(42-27-25-35(32-16-5-2-6-17-32)37-20-8-10-22-39(37)42)50-46(49-44)43-28-26-36(33-18-13-29-47-30-33)38-21-9-11-23-40(38)43/h1-30H. The van der Waals surface area contributed by atoms with Crippen LogP contribution in [0.15, 0.2) is 182 Å². The molecule has 2 heterocycles. The van der Waals surface area contributed by atoms with E-state index < -0.39 is 0 Å². The molecule has 9 aromatic rings. The van der Waals surface area contributed by atoms with E-state index in [1.165, 1.54) is 11.1 Å². The van der Waals surface area contributed by atoms with Crippen LogP contribution in [0.1, 0.15) is 0 Å². The number of benzene rings is 7. The summed E-state index contributed by atoms with van der Waals surface area (Å²) in [5.41, 5.74) is 9.55. The smallest absolute Gasteiger partial charge is 0.164 e. The van der Waals surface area contributed by atoms with Gasteiger partial charge in [-0.3, -0.25) is 4.98 Å². The first-order chi connectivity index (χ1) is 24.8. The fourth-order valence-electron chi connectivity index (χ4n) is 6.92. The number of pyridine rings is 1. The molecule has 2 aromatic heterocycles. The second kappa shape index (κ2) is 12.7. The van der Waals surface area contributed by atoms with Crippen LogP contribution in [0, 0.1) is 0 Å². The van der Waals surface area contributed by atoms with Crippen LogP contribution in [-0.2, 0) is 0 Å². The molecule has 7 aromatic carbocycles. The molecule has 234 valence electrons. The van der Waals surface area contributed by atoms with Crippen LogP contribution in [0.5, 0.6) is 0 Å². The quantitative estimate of drug-likeness (QED) is 0.182. The van der Waals surface area contributed by atoms with Gasteiger partial charge in [-0.25, -0.2) is 15.0 Å². The van der Waals surface area contributed by atoms with Gasteiger partial charge in [0.15, 0.2) is 17.5 Å². The zero-order valence-corrected chi connectivity index (χ0v) is 27.1. The van der Waals surface area contributed by atoms with E-state index in [0.717, 1.165) is 60.5 Å². The summed E-state index contributed by atoms with van der Waals surface area (Å²) in [5, 5.41) is 4.42. The zero-order chi connectivity index (χ0) is 33.3. The molecule has 50 heavy (non-hydrogen) atoms. The summed E-state index contributed by atoms with van der Waals surface area (Å²) in [6.07, 6.45) is 3.71. The summed E-state index contributed by atoms with van der Waals surface area (Å²) in [6, 6.07) is 58.9. The van der Waals surface area contributed by atoms with Crippen molar-refractivity contribution < 1.29 is 0 Å². The summed E-state index contributed by atoms with van der Waals surface area (Å²) in [6.45, 7) is 0. The van der Waals surface area contributed by atoms with Crippen LogP contribution < -0.4 is 0 Å². The molecule has 0 atom stereocenters. The maximum Gasteiger partial charge on any atom is 0.164 e. The van der Waals surface area contributed by atoms with Crippen LogP contribution in [0.4, 0.5) is 0 Å². The number of aromatic nitrogens is 4. The Hall–Kier alpha value is -6.78. The largest absolute Gasteiger partial charge is 0.264 e. The molecule has 0 unspecified atom stereocenters. The van der Waals surface area contributed by atoms with Gasteiger partial charge >= 0.3 is 0 Å². The first kappa shape index (κ1) is 29.4. The Morgan fingerprint density at radius 2 is 0.640 bits per heavy atom. The molecule has 0 fully saturated rings. The summed E-state index contributed by atoms with van der Waals surface area (Å²) in [5.74, 6) is 1.88. The molecule has 0 radical (unpaired) electrons. The van der Waals surface area contributed by atoms with Gasteiger partial charge in [-0.2, -0.15) is 0 Å². The first-order valence-electron chi connectivity index (χ1n) is 16.7. The second-order valence-corrected chi connectivity index (χ2v) is 12.2. The molecule has 0 aliphatic carbocycles. The van der Waals surface area contributed by atoms with Crippen molar-refractivity contribution in [3.63, 3.8) is 0 Å². The summed E-state index contributed by atoms with van der Waals surface area (Å²) in [4.78, 5) is 20.2. The third-order valence-electron chi connectivity index (χ3n) is 9.28. The topological polar surface area (TPSA) is 51.6 Å². The monoisotopic (exact) mass is 638 g/mol. The minimum Gasteiger partial charge on any atom is -0.264 e. The molecule has 0 saturated heterocycles. The van der Waals surface area contributed by atoms with Gasteiger partial charge in [-0.05, 0) is 67.6 Å². The fourth-order valence-corrected chi connectivity index (χ4v) is 6.92. The minimum atomic E-state index is 0.623. The maximum atomic E-state index is 5.27. The molecule has 4 heteroatoms. The van der Waals surface area contributed by atoms with E-state index in [1.807, 2.05) is 30.5 Å². The molecular weight excluding hydrogens is 609 g/mol. The second-order valence-electron chi connectivity index (χ2n) is 12.2. The highest BCUT2D eigenvalue weighted by atomic mass is 15.0. The molecule has 0 N–H and O–H groups in total. The highest BCUT2D eigenvalue weighted by molar-refractivity contribution is 6.06. The molecule has 4 nitrogen and oxygen atoms in total. The Bertz CT molecular complexity index is 2490. The van der Waals surface area contributed by atoms with Crippen molar-refractivity contribution in [2.24, 2.45) is 0 Å². The lowest BCUT2D eigenvalue weighted by atomic mass is 9.94. The number of hydrogen-bond acceptors (Lipinski definition) is 4. The van der Waals surface area contributed by atoms with E-state index >= 15 is 0 Å². The highest BCUT2D eigenvalue weighted by Crippen LogP contribution is 2.39. The Balaban J connectivity index is 1.31. The number of fused-ring (bicyclic) bond motifs is 2. The molecule has 0 spiro atoms. The van der Waals surface area contributed by atoms with E-state index in [0.29, 0.717) is 17.5 Å². The fraction of sp³-hybridized carbons (Fsp3) is 0. The Morgan fingerprint density at radius 3 is 1.16 bits per heavy atom. The van der Waals surface area contributed by atoms with Crippen LogP contribution in [0.3, 0.4) is 0 Å². The predicted molar refractivity (Wildman–Crippen MR) is 205 cm³/mol. The van der Waals surface area contributed by atoms with Crippen molar-refractivity contribution in [2.75, 3.05) is 0 Å². The van der Waals surface area contributed by atoms with Crippen molar-refractivity contribution in [1.29, 1.82) is 0 Å². The zero-order valence-electron chi connectivity index (χ0n) is 27.1. The minimum absolute atomic E-state index is 0.623. The van der Waals surface area contributed by atoms with E-state index in [2.05, 4.69) is 151 Å². The molecule has 0 amide bonds. The van der Waals surface area contributed by atoms with Gasteiger partial charge in [0.2, 0.25) is 0 Å². The van der Waals surface area contributed by atoms with Crippen molar-refractivity contribution >= 4 is 21.5 Å². The van der Waals surface area contributed by atoms with E-state index in [9.17, 15) is 0 Å². The van der Waals surface area contributed by atoms with Gasteiger partial charge in [-0.1, -0.05) is 152 Å². The number of nitrogens with zero attached hydrogens (tertiary/aromatic N) is 4. The van der Waals surface area contributed by atoms with Crippen molar-refractivity contribution in [1.82, 2.24) is 19.9 Å². The van der Waals surface area contributed by atoms with Crippen LogP contribution in [-0.4, -0.2) is 19.9 Å². The molecule has 9 rings (SSSR count). The van der Waals surface area contributed by atoms with Crippen LogP contribution in [0.25, 0.3) is 89.1 Å². The van der Waals surface area contributed by atoms with E-state index in [-0.39, 0.29) is 0 Å². The van der Waals surface area contributed by atoms with Crippen molar-refractivity contribution in [3.8, 4) is 67.5 Å². The van der Waals surface area contributed by atoms with Gasteiger partial charge < -0.3 is 0 Å². The van der Waals surface area contributed by atoms with Gasteiger partial charge in [0, 0.05) is 34.6 Å². The number of rotatable bonds is 6. The van der Waals surface area contributed by atoms with Gasteiger partial charge in [0.05, 0.1) is 0 Å². The lowest BCUT2D eigenvalue weighted by Gasteiger charge is -2.15. The molecular formula is C46H30N4. The lowest BCUT2D eigenvalue weighted by Crippen LogP contribution is -2.02. The molecule has 0 bridgehead atoms. The normalized spacial score (nSPS) is 11.2. The number of hydrogen-bond donors (Lipinski definition) is 0. The molecule has 0 aliphatic heterocycles. The Morgan fingerprint density at radius 1 is 0.260 bits per heavy atom. The van der Waals surface area contributed by atoms with Crippen molar-refractivity contribution in [2.45, 2.75) is 0 Å². The summed E-state index contributed by atoms with van der Waals surface area (Å²) in [7, 11) is 0. The molecule has 0 aliphatic rings.